The zero-order valence-corrected chi connectivity index (χ0v) is 12.5. The molecule has 0 aromatic heterocycles. The lowest BCUT2D eigenvalue weighted by molar-refractivity contribution is -0.132. The van der Waals surface area contributed by atoms with Crippen molar-refractivity contribution in [3.05, 3.63) is 0 Å². The predicted octanol–water partition coefficient (Wildman–Crippen LogP) is 1.70. The van der Waals surface area contributed by atoms with Crippen LogP contribution in [0.4, 0.5) is 0 Å². The second-order valence-corrected chi connectivity index (χ2v) is 7.65. The van der Waals surface area contributed by atoms with E-state index in [4.69, 9.17) is 0 Å². The minimum absolute atomic E-state index is 0.0114. The van der Waals surface area contributed by atoms with Gasteiger partial charge in [-0.1, -0.05) is 20.8 Å². The average molecular weight is 263 g/mol. The van der Waals surface area contributed by atoms with Crippen LogP contribution >= 0.6 is 0 Å². The molecule has 0 rings (SSSR count). The van der Waals surface area contributed by atoms with E-state index in [0.29, 0.717) is 6.42 Å². The van der Waals surface area contributed by atoms with Crippen molar-refractivity contribution in [2.45, 2.75) is 52.3 Å². The lowest BCUT2D eigenvalue weighted by Gasteiger charge is -2.31. The van der Waals surface area contributed by atoms with Crippen LogP contribution in [0.5, 0.6) is 0 Å². The molecule has 0 aromatic carbocycles. The van der Waals surface area contributed by atoms with E-state index in [0.717, 1.165) is 0 Å². The van der Waals surface area contributed by atoms with Crippen molar-refractivity contribution in [1.29, 1.82) is 0 Å². The van der Waals surface area contributed by atoms with E-state index in [2.05, 4.69) is 0 Å². The molecule has 0 spiro atoms. The minimum Gasteiger partial charge on any atom is -0.342 e. The predicted molar refractivity (Wildman–Crippen MR) is 70.6 cm³/mol. The Labute approximate surface area is 105 Å². The Morgan fingerprint density at radius 1 is 1.18 bits per heavy atom. The molecule has 17 heavy (non-hydrogen) atoms. The summed E-state index contributed by atoms with van der Waals surface area (Å²) in [4.78, 5) is 13.2. The molecule has 0 saturated carbocycles. The Hall–Kier alpha value is -0.580. The first-order valence-corrected chi connectivity index (χ1v) is 7.82. The number of hydrogen-bond donors (Lipinski definition) is 0. The molecule has 0 radical (unpaired) electrons. The van der Waals surface area contributed by atoms with Gasteiger partial charge in [-0.05, 0) is 19.8 Å². The summed E-state index contributed by atoms with van der Waals surface area (Å²) in [5, 5.41) is -0.395. The van der Waals surface area contributed by atoms with Crippen LogP contribution in [0.3, 0.4) is 0 Å². The molecule has 0 unspecified atom stereocenters. The number of carbonyl (C=O) groups excluding carboxylic acids is 1. The van der Waals surface area contributed by atoms with Gasteiger partial charge in [-0.25, -0.2) is 8.42 Å². The number of sulfone groups is 1. The number of hydrogen-bond acceptors (Lipinski definition) is 3. The molecule has 0 heterocycles. The zero-order chi connectivity index (χ0) is 13.8. The van der Waals surface area contributed by atoms with Gasteiger partial charge in [0.05, 0.1) is 11.0 Å². The molecule has 102 valence electrons. The molecule has 0 N–H and O–H groups in total. The van der Waals surface area contributed by atoms with Crippen LogP contribution in [0.1, 0.15) is 41.0 Å². The van der Waals surface area contributed by atoms with Crippen molar-refractivity contribution in [3.8, 4) is 0 Å². The quantitative estimate of drug-likeness (QED) is 0.733. The van der Waals surface area contributed by atoms with Crippen molar-refractivity contribution in [2.75, 3.05) is 12.8 Å². The first-order valence-electron chi connectivity index (χ1n) is 6.10. The van der Waals surface area contributed by atoms with Gasteiger partial charge in [-0.15, -0.1) is 0 Å². The van der Waals surface area contributed by atoms with E-state index in [1.807, 2.05) is 13.8 Å². The van der Waals surface area contributed by atoms with E-state index in [-0.39, 0.29) is 23.6 Å². The summed E-state index contributed by atoms with van der Waals surface area (Å²) in [6.45, 7) is 9.02. The van der Waals surface area contributed by atoms with Crippen LogP contribution in [0.25, 0.3) is 0 Å². The monoisotopic (exact) mass is 263 g/mol. The maximum Gasteiger partial charge on any atom is 0.222 e. The zero-order valence-electron chi connectivity index (χ0n) is 11.7. The fraction of sp³-hybridized carbons (Fsp3) is 0.917. The van der Waals surface area contributed by atoms with Crippen molar-refractivity contribution in [1.82, 2.24) is 4.90 Å². The highest BCUT2D eigenvalue weighted by Crippen LogP contribution is 2.15. The Bertz CT molecular complexity index is 347. The molecule has 0 aliphatic heterocycles. The summed E-state index contributed by atoms with van der Waals surface area (Å²) in [5.74, 6) is 0.164. The smallest absolute Gasteiger partial charge is 0.222 e. The summed E-state index contributed by atoms with van der Waals surface area (Å²) in [6, 6.07) is -0.241. The Kier molecular flexibility index (Phi) is 6.16. The molecular weight excluding hydrogens is 238 g/mol. The summed E-state index contributed by atoms with van der Waals surface area (Å²) >= 11 is 0. The van der Waals surface area contributed by atoms with Gasteiger partial charge >= 0.3 is 0 Å². The van der Waals surface area contributed by atoms with Gasteiger partial charge in [0.2, 0.25) is 5.91 Å². The van der Waals surface area contributed by atoms with Gasteiger partial charge in [0.15, 0.2) is 9.84 Å². The molecule has 4 nitrogen and oxygen atoms in total. The normalized spacial score (nSPS) is 14.1. The Morgan fingerprint density at radius 2 is 1.65 bits per heavy atom. The Balaban J connectivity index is 4.96. The standard InChI is InChI=1S/C12H25NO3S/c1-7-12(14)13(6)11(9(2)3)8-17(15,16)10(4)5/h9-11H,7-8H2,1-6H3/t11-/m1/s1. The lowest BCUT2D eigenvalue weighted by Crippen LogP contribution is -2.45. The lowest BCUT2D eigenvalue weighted by atomic mass is 10.0. The number of nitrogens with zero attached hydrogens (tertiary/aromatic N) is 1. The summed E-state index contributed by atoms with van der Waals surface area (Å²) in [6.07, 6.45) is 0.404. The van der Waals surface area contributed by atoms with Crippen LogP contribution in [0, 0.1) is 5.92 Å². The van der Waals surface area contributed by atoms with Crippen LogP contribution in [0.15, 0.2) is 0 Å². The van der Waals surface area contributed by atoms with Gasteiger partial charge in [-0.2, -0.15) is 0 Å². The average Bonchev–Trinajstić information content (AvgIpc) is 2.23. The third kappa shape index (κ3) is 4.66. The highest BCUT2D eigenvalue weighted by molar-refractivity contribution is 7.92. The van der Waals surface area contributed by atoms with Crippen molar-refractivity contribution in [2.24, 2.45) is 5.92 Å². The minimum atomic E-state index is -3.12. The van der Waals surface area contributed by atoms with Crippen molar-refractivity contribution in [3.63, 3.8) is 0 Å². The number of rotatable bonds is 6. The first kappa shape index (κ1) is 16.4. The molecule has 0 aliphatic carbocycles. The Morgan fingerprint density at radius 3 is 1.94 bits per heavy atom. The highest BCUT2D eigenvalue weighted by Gasteiger charge is 2.29. The first-order chi connectivity index (χ1) is 7.63. The second kappa shape index (κ2) is 6.38. The molecule has 0 aliphatic rings. The topological polar surface area (TPSA) is 54.5 Å². The molecule has 0 aromatic rings. The number of carbonyl (C=O) groups is 1. The summed E-state index contributed by atoms with van der Waals surface area (Å²) < 4.78 is 23.8. The second-order valence-electron chi connectivity index (χ2n) is 5.05. The summed E-state index contributed by atoms with van der Waals surface area (Å²) in [7, 11) is -1.44. The van der Waals surface area contributed by atoms with Gasteiger partial charge < -0.3 is 4.90 Å². The fourth-order valence-corrected chi connectivity index (χ4v) is 3.09. The van der Waals surface area contributed by atoms with Crippen LogP contribution in [-0.4, -0.2) is 43.3 Å². The van der Waals surface area contributed by atoms with E-state index in [1.54, 1.807) is 32.7 Å². The maximum atomic E-state index is 11.9. The van der Waals surface area contributed by atoms with Crippen molar-refractivity contribution >= 4 is 15.7 Å². The molecule has 5 heteroatoms. The third-order valence-corrected chi connectivity index (χ3v) is 5.33. The van der Waals surface area contributed by atoms with Gasteiger partial charge in [0, 0.05) is 19.5 Å². The van der Waals surface area contributed by atoms with Gasteiger partial charge in [0.1, 0.15) is 0 Å². The summed E-state index contributed by atoms with van der Waals surface area (Å²) in [5.41, 5.74) is 0. The SMILES string of the molecule is CCC(=O)N(C)[C@H](CS(=O)(=O)C(C)C)C(C)C. The molecule has 1 amide bonds. The van der Waals surface area contributed by atoms with Gasteiger partial charge in [0.25, 0.3) is 0 Å². The highest BCUT2D eigenvalue weighted by atomic mass is 32.2. The van der Waals surface area contributed by atoms with Crippen LogP contribution in [0.2, 0.25) is 0 Å². The van der Waals surface area contributed by atoms with E-state index < -0.39 is 15.1 Å². The number of amides is 1. The molecule has 1 atom stereocenters. The fourth-order valence-electron chi connectivity index (χ4n) is 1.62. The van der Waals surface area contributed by atoms with E-state index in [9.17, 15) is 13.2 Å². The largest absolute Gasteiger partial charge is 0.342 e. The van der Waals surface area contributed by atoms with Crippen LogP contribution in [-0.2, 0) is 14.6 Å². The maximum absolute atomic E-state index is 11.9. The van der Waals surface area contributed by atoms with Gasteiger partial charge in [-0.3, -0.25) is 4.79 Å². The van der Waals surface area contributed by atoms with E-state index in [1.165, 1.54) is 0 Å². The molecular formula is C12H25NO3S. The van der Waals surface area contributed by atoms with Crippen LogP contribution < -0.4 is 0 Å². The van der Waals surface area contributed by atoms with Crippen molar-refractivity contribution < 1.29 is 13.2 Å². The molecule has 0 fully saturated rings. The van der Waals surface area contributed by atoms with E-state index >= 15 is 0 Å². The third-order valence-electron chi connectivity index (χ3n) is 3.08. The molecule has 0 saturated heterocycles. The molecule has 0 bridgehead atoms.